The highest BCUT2D eigenvalue weighted by molar-refractivity contribution is 6.30. The van der Waals surface area contributed by atoms with Gasteiger partial charge in [0.05, 0.1) is 5.69 Å². The molecular formula is C10H6ClN3O. The van der Waals surface area contributed by atoms with Gasteiger partial charge < -0.3 is 0 Å². The van der Waals surface area contributed by atoms with Crippen LogP contribution in [-0.4, -0.2) is 15.9 Å². The second-order valence-electron chi connectivity index (χ2n) is 2.79. The predicted octanol–water partition coefficient (Wildman–Crippen LogP) is 2.49. The fourth-order valence-corrected chi connectivity index (χ4v) is 1.41. The van der Waals surface area contributed by atoms with E-state index in [0.717, 1.165) is 0 Å². The van der Waals surface area contributed by atoms with Crippen LogP contribution in [0.4, 0.5) is 5.69 Å². The molecule has 0 aliphatic rings. The first-order valence-corrected chi connectivity index (χ1v) is 4.56. The van der Waals surface area contributed by atoms with E-state index in [9.17, 15) is 4.79 Å². The number of aliphatic imine (C=N–C) groups is 1. The van der Waals surface area contributed by atoms with Gasteiger partial charge in [-0.3, -0.25) is 0 Å². The zero-order valence-corrected chi connectivity index (χ0v) is 8.35. The number of benzene rings is 1. The van der Waals surface area contributed by atoms with Crippen molar-refractivity contribution < 1.29 is 4.79 Å². The van der Waals surface area contributed by atoms with Crippen molar-refractivity contribution in [1.82, 2.24) is 9.78 Å². The van der Waals surface area contributed by atoms with Crippen molar-refractivity contribution in [3.8, 4) is 5.69 Å². The molecule has 0 aliphatic heterocycles. The maximum atomic E-state index is 10.2. The Morgan fingerprint density at radius 2 is 2.33 bits per heavy atom. The zero-order chi connectivity index (χ0) is 10.7. The van der Waals surface area contributed by atoms with Crippen LogP contribution in [0.3, 0.4) is 0 Å². The molecule has 2 rings (SSSR count). The van der Waals surface area contributed by atoms with Crippen LogP contribution in [0.25, 0.3) is 5.69 Å². The number of hydrogen-bond donors (Lipinski definition) is 0. The Bertz CT molecular complexity index is 515. The lowest BCUT2D eigenvalue weighted by molar-refractivity contribution is 0.565. The summed E-state index contributed by atoms with van der Waals surface area (Å²) in [5.41, 5.74) is 1.13. The number of isocyanates is 1. The lowest BCUT2D eigenvalue weighted by atomic mass is 10.2. The molecule has 0 fully saturated rings. The van der Waals surface area contributed by atoms with Crippen LogP contribution >= 0.6 is 11.6 Å². The summed E-state index contributed by atoms with van der Waals surface area (Å²) in [6, 6.07) is 6.82. The van der Waals surface area contributed by atoms with Gasteiger partial charge in [-0.25, -0.2) is 9.48 Å². The van der Waals surface area contributed by atoms with E-state index in [1.807, 2.05) is 0 Å². The summed E-state index contributed by atoms with van der Waals surface area (Å²) >= 11 is 5.79. The van der Waals surface area contributed by atoms with Crippen molar-refractivity contribution in [2.24, 2.45) is 4.99 Å². The van der Waals surface area contributed by atoms with Crippen molar-refractivity contribution >= 4 is 23.4 Å². The lowest BCUT2D eigenvalue weighted by Gasteiger charge is -2.04. The molecule has 0 bridgehead atoms. The smallest absolute Gasteiger partial charge is 0.239 e. The van der Waals surface area contributed by atoms with Crippen LogP contribution in [0, 0.1) is 0 Å². The molecule has 0 aliphatic carbocycles. The minimum absolute atomic E-state index is 0.446. The second-order valence-corrected chi connectivity index (χ2v) is 3.22. The highest BCUT2D eigenvalue weighted by Gasteiger charge is 2.04. The Morgan fingerprint density at radius 3 is 3.00 bits per heavy atom. The van der Waals surface area contributed by atoms with E-state index in [-0.39, 0.29) is 0 Å². The van der Waals surface area contributed by atoms with Gasteiger partial charge in [-0.05, 0) is 24.3 Å². The van der Waals surface area contributed by atoms with Crippen LogP contribution in [0.15, 0.2) is 41.7 Å². The molecule has 0 amide bonds. The molecule has 0 radical (unpaired) electrons. The average Bonchev–Trinajstić information content (AvgIpc) is 2.71. The highest BCUT2D eigenvalue weighted by Crippen LogP contribution is 2.26. The third kappa shape index (κ3) is 1.96. The van der Waals surface area contributed by atoms with E-state index in [2.05, 4.69) is 10.1 Å². The molecule has 0 saturated carbocycles. The van der Waals surface area contributed by atoms with Crippen molar-refractivity contribution in [3.63, 3.8) is 0 Å². The third-order valence-electron chi connectivity index (χ3n) is 1.85. The molecule has 1 aromatic carbocycles. The minimum Gasteiger partial charge on any atom is -0.239 e. The van der Waals surface area contributed by atoms with Gasteiger partial charge in [0.2, 0.25) is 6.08 Å². The highest BCUT2D eigenvalue weighted by atomic mass is 35.5. The standard InChI is InChI=1S/C10H6ClN3O/c11-8-2-3-10(9(6-8)12-7-15)14-5-1-4-13-14/h1-6H. The normalized spacial score (nSPS) is 9.67. The topological polar surface area (TPSA) is 47.2 Å². The van der Waals surface area contributed by atoms with E-state index < -0.39 is 0 Å². The molecular weight excluding hydrogens is 214 g/mol. The summed E-state index contributed by atoms with van der Waals surface area (Å²) < 4.78 is 1.60. The first-order chi connectivity index (χ1) is 7.31. The third-order valence-corrected chi connectivity index (χ3v) is 2.09. The van der Waals surface area contributed by atoms with Crippen LogP contribution in [0.5, 0.6) is 0 Å². The summed E-state index contributed by atoms with van der Waals surface area (Å²) in [6.45, 7) is 0. The Kier molecular flexibility index (Phi) is 2.63. The molecule has 5 heteroatoms. The van der Waals surface area contributed by atoms with E-state index in [1.165, 1.54) is 6.08 Å². The first kappa shape index (κ1) is 9.65. The molecule has 74 valence electrons. The molecule has 0 N–H and O–H groups in total. The van der Waals surface area contributed by atoms with Gasteiger partial charge >= 0.3 is 0 Å². The number of hydrogen-bond acceptors (Lipinski definition) is 3. The quantitative estimate of drug-likeness (QED) is 0.576. The average molecular weight is 220 g/mol. The SMILES string of the molecule is O=C=Nc1cc(Cl)ccc1-n1cccn1. The molecule has 0 atom stereocenters. The minimum atomic E-state index is 0.446. The monoisotopic (exact) mass is 219 g/mol. The van der Waals surface area contributed by atoms with Crippen LogP contribution in [-0.2, 0) is 4.79 Å². The maximum Gasteiger partial charge on any atom is 0.240 e. The Morgan fingerprint density at radius 1 is 1.47 bits per heavy atom. The fraction of sp³-hybridized carbons (Fsp3) is 0. The van der Waals surface area contributed by atoms with Crippen molar-refractivity contribution in [1.29, 1.82) is 0 Å². The largest absolute Gasteiger partial charge is 0.240 e. The summed E-state index contributed by atoms with van der Waals surface area (Å²) in [5.74, 6) is 0. The van der Waals surface area contributed by atoms with Gasteiger partial charge in [0, 0.05) is 17.4 Å². The van der Waals surface area contributed by atoms with Crippen LogP contribution < -0.4 is 0 Å². The molecule has 15 heavy (non-hydrogen) atoms. The van der Waals surface area contributed by atoms with Gasteiger partial charge in [0.25, 0.3) is 0 Å². The van der Waals surface area contributed by atoms with Crippen molar-refractivity contribution in [2.75, 3.05) is 0 Å². The molecule has 2 aromatic rings. The molecule has 0 saturated heterocycles. The maximum absolute atomic E-state index is 10.2. The van der Waals surface area contributed by atoms with E-state index in [4.69, 9.17) is 11.6 Å². The lowest BCUT2D eigenvalue weighted by Crippen LogP contribution is -1.94. The van der Waals surface area contributed by atoms with Crippen LogP contribution in [0.1, 0.15) is 0 Å². The van der Waals surface area contributed by atoms with Gasteiger partial charge in [0.1, 0.15) is 5.69 Å². The van der Waals surface area contributed by atoms with E-state index >= 15 is 0 Å². The van der Waals surface area contributed by atoms with Gasteiger partial charge in [-0.2, -0.15) is 10.1 Å². The van der Waals surface area contributed by atoms with E-state index in [1.54, 1.807) is 41.3 Å². The first-order valence-electron chi connectivity index (χ1n) is 4.19. The summed E-state index contributed by atoms with van der Waals surface area (Å²) in [7, 11) is 0. The molecule has 4 nitrogen and oxygen atoms in total. The Balaban J connectivity index is 2.60. The van der Waals surface area contributed by atoms with Crippen molar-refractivity contribution in [3.05, 3.63) is 41.7 Å². The van der Waals surface area contributed by atoms with Gasteiger partial charge in [-0.1, -0.05) is 11.6 Å². The Labute approximate surface area is 90.8 Å². The molecule has 1 aromatic heterocycles. The Hall–Kier alpha value is -1.90. The molecule has 0 spiro atoms. The molecule has 1 heterocycles. The van der Waals surface area contributed by atoms with Crippen molar-refractivity contribution in [2.45, 2.75) is 0 Å². The number of halogens is 1. The number of nitrogens with zero attached hydrogens (tertiary/aromatic N) is 3. The van der Waals surface area contributed by atoms with E-state index in [0.29, 0.717) is 16.4 Å². The zero-order valence-electron chi connectivity index (χ0n) is 7.59. The summed E-state index contributed by atoms with van der Waals surface area (Å²) in [5, 5.41) is 4.56. The summed E-state index contributed by atoms with van der Waals surface area (Å²) in [4.78, 5) is 13.8. The summed E-state index contributed by atoms with van der Waals surface area (Å²) in [6.07, 6.45) is 4.89. The fourth-order valence-electron chi connectivity index (χ4n) is 1.24. The predicted molar refractivity (Wildman–Crippen MR) is 56.4 cm³/mol. The number of rotatable bonds is 2. The number of carbonyl (C=O) groups excluding carboxylic acids is 1. The second kappa shape index (κ2) is 4.09. The van der Waals surface area contributed by atoms with Gasteiger partial charge in [-0.15, -0.1) is 0 Å². The van der Waals surface area contributed by atoms with Gasteiger partial charge in [0.15, 0.2) is 0 Å². The molecule has 0 unspecified atom stereocenters. The number of aromatic nitrogens is 2. The van der Waals surface area contributed by atoms with Crippen LogP contribution in [0.2, 0.25) is 5.02 Å².